The predicted molar refractivity (Wildman–Crippen MR) is 107 cm³/mol. The smallest absolute Gasteiger partial charge is 0.289 e. The lowest BCUT2D eigenvalue weighted by molar-refractivity contribution is -0.387. The molecule has 1 amide bonds. The van der Waals surface area contributed by atoms with Crippen molar-refractivity contribution in [1.82, 2.24) is 14.8 Å². The molecule has 0 saturated heterocycles. The molecule has 1 atom stereocenters. The summed E-state index contributed by atoms with van der Waals surface area (Å²) in [5, 5.41) is 18.4. The minimum absolute atomic E-state index is 0.0476. The van der Waals surface area contributed by atoms with E-state index < -0.39 is 31.6 Å². The van der Waals surface area contributed by atoms with Crippen LogP contribution in [0.3, 0.4) is 0 Å². The van der Waals surface area contributed by atoms with Gasteiger partial charge in [0.1, 0.15) is 0 Å². The third-order valence-corrected chi connectivity index (χ3v) is 6.02. The molecule has 2 aromatic carbocycles. The first kappa shape index (κ1) is 19.8. The van der Waals surface area contributed by atoms with Gasteiger partial charge >= 0.3 is 0 Å². The van der Waals surface area contributed by atoms with Gasteiger partial charge in [0, 0.05) is 11.1 Å². The van der Waals surface area contributed by atoms with Gasteiger partial charge in [-0.05, 0) is 23.8 Å². The van der Waals surface area contributed by atoms with E-state index >= 15 is 0 Å². The Morgan fingerprint density at radius 2 is 1.90 bits per heavy atom. The second-order valence-electron chi connectivity index (χ2n) is 6.35. The molecule has 13 heteroatoms. The zero-order chi connectivity index (χ0) is 21.5. The maximum Gasteiger partial charge on any atom is 0.289 e. The van der Waals surface area contributed by atoms with Crippen LogP contribution in [0.5, 0.6) is 0 Å². The van der Waals surface area contributed by atoms with E-state index in [1.165, 1.54) is 16.8 Å². The van der Waals surface area contributed by atoms with E-state index in [0.717, 1.165) is 17.7 Å². The standard InChI is InChI=1S/C17H13ClN6O5S/c18-11-7-5-10(6-8-11)13-9-15(25)19-17-20-16(21-23(13)17)22-30(28,29)14-4-2-1-3-12(14)24(26)27/h1-8,13H,9H2,(H2,19,20,21,22,25)/t13-/m1/s1. The fourth-order valence-electron chi connectivity index (χ4n) is 3.06. The molecule has 0 bridgehead atoms. The van der Waals surface area contributed by atoms with E-state index in [9.17, 15) is 23.3 Å². The quantitative estimate of drug-likeness (QED) is 0.449. The number of carbonyl (C=O) groups excluding carboxylic acids is 1. The lowest BCUT2D eigenvalue weighted by Crippen LogP contribution is -2.29. The molecule has 11 nitrogen and oxygen atoms in total. The van der Waals surface area contributed by atoms with Gasteiger partial charge in [0.25, 0.3) is 21.7 Å². The number of aromatic nitrogens is 3. The molecule has 0 fully saturated rings. The SMILES string of the molecule is O=C1C[C@H](c2ccc(Cl)cc2)n2nc(NS(=O)(=O)c3ccccc3[N+](=O)[O-])nc2N1. The topological polar surface area (TPSA) is 149 Å². The van der Waals surface area contributed by atoms with Gasteiger partial charge in [0.05, 0.1) is 17.4 Å². The van der Waals surface area contributed by atoms with Crippen LogP contribution in [0.1, 0.15) is 18.0 Å². The lowest BCUT2D eigenvalue weighted by Gasteiger charge is -2.23. The van der Waals surface area contributed by atoms with E-state index in [2.05, 4.69) is 20.1 Å². The van der Waals surface area contributed by atoms with Crippen LogP contribution in [-0.4, -0.2) is 34.0 Å². The van der Waals surface area contributed by atoms with Crippen molar-refractivity contribution in [3.63, 3.8) is 0 Å². The largest absolute Gasteiger partial charge is 0.295 e. The zero-order valence-electron chi connectivity index (χ0n) is 15.0. The Bertz CT molecular complexity index is 1260. The normalized spacial score (nSPS) is 15.9. The molecule has 0 radical (unpaired) electrons. The van der Waals surface area contributed by atoms with E-state index in [-0.39, 0.29) is 24.2 Å². The molecular formula is C17H13ClN6O5S. The zero-order valence-corrected chi connectivity index (χ0v) is 16.6. The number of anilines is 2. The highest BCUT2D eigenvalue weighted by Crippen LogP contribution is 2.31. The number of sulfonamides is 1. The second kappa shape index (κ2) is 7.39. The molecule has 3 aromatic rings. The number of benzene rings is 2. The number of carbonyl (C=O) groups is 1. The number of nitrogens with one attached hydrogen (secondary N) is 2. The first-order valence-corrected chi connectivity index (χ1v) is 10.4. The van der Waals surface area contributed by atoms with Crippen molar-refractivity contribution in [2.24, 2.45) is 0 Å². The summed E-state index contributed by atoms with van der Waals surface area (Å²) in [5.41, 5.74) is 0.148. The molecule has 0 saturated carbocycles. The lowest BCUT2D eigenvalue weighted by atomic mass is 10.0. The Labute approximate surface area is 174 Å². The van der Waals surface area contributed by atoms with Gasteiger partial charge in [0.2, 0.25) is 11.9 Å². The van der Waals surface area contributed by atoms with Crippen molar-refractivity contribution in [1.29, 1.82) is 0 Å². The van der Waals surface area contributed by atoms with Crippen molar-refractivity contribution in [3.8, 4) is 0 Å². The summed E-state index contributed by atoms with van der Waals surface area (Å²) in [4.78, 5) is 25.9. The van der Waals surface area contributed by atoms with E-state index in [1.54, 1.807) is 24.3 Å². The van der Waals surface area contributed by atoms with Crippen molar-refractivity contribution >= 4 is 45.1 Å². The van der Waals surface area contributed by atoms with Crippen LogP contribution in [0.2, 0.25) is 5.02 Å². The summed E-state index contributed by atoms with van der Waals surface area (Å²) in [6, 6.07) is 11.2. The van der Waals surface area contributed by atoms with Gasteiger partial charge in [-0.25, -0.2) is 17.8 Å². The molecule has 154 valence electrons. The minimum Gasteiger partial charge on any atom is -0.295 e. The summed E-state index contributed by atoms with van der Waals surface area (Å²) in [7, 11) is -4.35. The summed E-state index contributed by atoms with van der Waals surface area (Å²) >= 11 is 5.91. The first-order chi connectivity index (χ1) is 14.2. The van der Waals surface area contributed by atoms with Crippen LogP contribution >= 0.6 is 11.6 Å². The average molecular weight is 449 g/mol. The van der Waals surface area contributed by atoms with Gasteiger partial charge in [-0.2, -0.15) is 4.98 Å². The Balaban J connectivity index is 1.70. The molecule has 4 rings (SSSR count). The number of halogens is 1. The number of hydrogen-bond donors (Lipinski definition) is 2. The van der Waals surface area contributed by atoms with Crippen LogP contribution in [-0.2, 0) is 14.8 Å². The van der Waals surface area contributed by atoms with Gasteiger partial charge in [-0.15, -0.1) is 5.10 Å². The number of amides is 1. The molecule has 2 N–H and O–H groups in total. The van der Waals surface area contributed by atoms with E-state index in [0.29, 0.717) is 5.02 Å². The van der Waals surface area contributed by atoms with Crippen LogP contribution < -0.4 is 10.0 Å². The number of nitro benzene ring substituents is 1. The highest BCUT2D eigenvalue weighted by molar-refractivity contribution is 7.92. The van der Waals surface area contributed by atoms with Crippen molar-refractivity contribution in [2.45, 2.75) is 17.4 Å². The number of hydrogen-bond acceptors (Lipinski definition) is 7. The fourth-order valence-corrected chi connectivity index (χ4v) is 4.30. The minimum atomic E-state index is -4.35. The number of rotatable bonds is 5. The monoisotopic (exact) mass is 448 g/mol. The van der Waals surface area contributed by atoms with Crippen molar-refractivity contribution in [2.75, 3.05) is 10.0 Å². The molecule has 0 unspecified atom stereocenters. The number of nitrogens with zero attached hydrogens (tertiary/aromatic N) is 4. The molecular weight excluding hydrogens is 436 g/mol. The fraction of sp³-hybridized carbons (Fsp3) is 0.118. The molecule has 1 aromatic heterocycles. The van der Waals surface area contributed by atoms with Crippen molar-refractivity contribution in [3.05, 3.63) is 69.2 Å². The average Bonchev–Trinajstić information content (AvgIpc) is 3.09. The van der Waals surface area contributed by atoms with Gasteiger partial charge in [-0.1, -0.05) is 35.9 Å². The molecule has 0 aliphatic carbocycles. The van der Waals surface area contributed by atoms with Gasteiger partial charge in [-0.3, -0.25) is 20.2 Å². The number of nitro groups is 1. The van der Waals surface area contributed by atoms with E-state index in [4.69, 9.17) is 11.6 Å². The molecule has 1 aliphatic heterocycles. The van der Waals surface area contributed by atoms with Crippen molar-refractivity contribution < 1.29 is 18.1 Å². The van der Waals surface area contributed by atoms with Crippen LogP contribution in [0.25, 0.3) is 0 Å². The highest BCUT2D eigenvalue weighted by atomic mass is 35.5. The first-order valence-electron chi connectivity index (χ1n) is 8.53. The Morgan fingerprint density at radius 1 is 1.20 bits per heavy atom. The Kier molecular flexibility index (Phi) is 4.87. The predicted octanol–water partition coefficient (Wildman–Crippen LogP) is 2.57. The van der Waals surface area contributed by atoms with Gasteiger partial charge < -0.3 is 0 Å². The summed E-state index contributed by atoms with van der Waals surface area (Å²) < 4.78 is 28.9. The van der Waals surface area contributed by atoms with Crippen LogP contribution in [0, 0.1) is 10.1 Å². The Hall–Kier alpha value is -3.51. The number of fused-ring (bicyclic) bond motifs is 1. The number of para-hydroxylation sites is 1. The van der Waals surface area contributed by atoms with E-state index in [1.807, 2.05) is 0 Å². The maximum absolute atomic E-state index is 12.7. The molecule has 30 heavy (non-hydrogen) atoms. The van der Waals surface area contributed by atoms with Gasteiger partial charge in [0.15, 0.2) is 4.90 Å². The summed E-state index contributed by atoms with van der Waals surface area (Å²) in [5.74, 6) is -0.598. The molecule has 2 heterocycles. The summed E-state index contributed by atoms with van der Waals surface area (Å²) in [6.45, 7) is 0. The second-order valence-corrected chi connectivity index (χ2v) is 8.44. The maximum atomic E-state index is 12.7. The third-order valence-electron chi connectivity index (χ3n) is 4.39. The summed E-state index contributed by atoms with van der Waals surface area (Å²) in [6.07, 6.45) is 0.0638. The Morgan fingerprint density at radius 3 is 2.60 bits per heavy atom. The highest BCUT2D eigenvalue weighted by Gasteiger charge is 2.31. The molecule has 1 aliphatic rings. The molecule has 0 spiro atoms. The van der Waals surface area contributed by atoms with Crippen LogP contribution in [0.15, 0.2) is 53.4 Å². The third kappa shape index (κ3) is 3.69. The van der Waals surface area contributed by atoms with Crippen LogP contribution in [0.4, 0.5) is 17.6 Å².